The van der Waals surface area contributed by atoms with Crippen LogP contribution in [0, 0.1) is 0 Å². The molecule has 0 saturated carbocycles. The van der Waals surface area contributed by atoms with E-state index in [4.69, 9.17) is 0 Å². The third-order valence-electron chi connectivity index (χ3n) is 4.58. The van der Waals surface area contributed by atoms with E-state index < -0.39 is 26.0 Å². The Balaban J connectivity index is 1.70. The Labute approximate surface area is 171 Å². The maximum atomic E-state index is 12.5. The van der Waals surface area contributed by atoms with Crippen LogP contribution in [0.15, 0.2) is 58.3 Å². The van der Waals surface area contributed by atoms with E-state index in [0.717, 1.165) is 12.8 Å². The quantitative estimate of drug-likeness (QED) is 0.688. The molecule has 0 aliphatic carbocycles. The van der Waals surface area contributed by atoms with Gasteiger partial charge < -0.3 is 5.32 Å². The van der Waals surface area contributed by atoms with Crippen LogP contribution >= 0.6 is 0 Å². The van der Waals surface area contributed by atoms with Crippen LogP contribution in [0.5, 0.6) is 0 Å². The third-order valence-corrected chi connectivity index (χ3v) is 8.05. The summed E-state index contributed by atoms with van der Waals surface area (Å²) in [5.41, 5.74) is 0.730. The molecule has 10 heteroatoms. The van der Waals surface area contributed by atoms with Gasteiger partial charge in [0.25, 0.3) is 5.91 Å². The van der Waals surface area contributed by atoms with Crippen LogP contribution in [-0.4, -0.2) is 46.7 Å². The number of hydrogen-bond acceptors (Lipinski definition) is 5. The molecule has 29 heavy (non-hydrogen) atoms. The maximum absolute atomic E-state index is 12.5. The van der Waals surface area contributed by atoms with E-state index >= 15 is 0 Å². The minimum atomic E-state index is -3.56. The van der Waals surface area contributed by atoms with Gasteiger partial charge >= 0.3 is 0 Å². The van der Waals surface area contributed by atoms with Crippen molar-refractivity contribution in [3.63, 3.8) is 0 Å². The summed E-state index contributed by atoms with van der Waals surface area (Å²) in [6.45, 7) is 3.01. The molecule has 0 spiro atoms. The predicted molar refractivity (Wildman–Crippen MR) is 110 cm³/mol. The van der Waals surface area contributed by atoms with Crippen molar-refractivity contribution in [1.29, 1.82) is 0 Å². The highest BCUT2D eigenvalue weighted by atomic mass is 32.2. The highest BCUT2D eigenvalue weighted by molar-refractivity contribution is 7.89. The molecule has 0 bridgehead atoms. The average molecular weight is 438 g/mol. The Hall–Kier alpha value is -2.27. The van der Waals surface area contributed by atoms with Gasteiger partial charge in [0.1, 0.15) is 0 Å². The minimum Gasteiger partial charge on any atom is -0.322 e. The van der Waals surface area contributed by atoms with E-state index in [2.05, 4.69) is 10.0 Å². The van der Waals surface area contributed by atoms with Crippen molar-refractivity contribution in [3.8, 4) is 0 Å². The monoisotopic (exact) mass is 437 g/mol. The van der Waals surface area contributed by atoms with Gasteiger partial charge in [-0.2, -0.15) is 4.31 Å². The highest BCUT2D eigenvalue weighted by Crippen LogP contribution is 2.21. The molecule has 1 amide bonds. The Morgan fingerprint density at radius 2 is 1.45 bits per heavy atom. The number of rotatable bonds is 7. The van der Waals surface area contributed by atoms with Crippen LogP contribution in [0.3, 0.4) is 0 Å². The van der Waals surface area contributed by atoms with Crippen LogP contribution < -0.4 is 10.0 Å². The number of amides is 1. The van der Waals surface area contributed by atoms with Crippen molar-refractivity contribution in [2.75, 3.05) is 25.0 Å². The lowest BCUT2D eigenvalue weighted by Crippen LogP contribution is -2.27. The number of carbonyl (C=O) groups is 1. The Kier molecular flexibility index (Phi) is 6.37. The third kappa shape index (κ3) is 4.84. The van der Waals surface area contributed by atoms with Gasteiger partial charge in [-0.05, 0) is 61.4 Å². The lowest BCUT2D eigenvalue weighted by molar-refractivity contribution is 0.102. The van der Waals surface area contributed by atoms with Crippen molar-refractivity contribution < 1.29 is 21.6 Å². The van der Waals surface area contributed by atoms with Crippen LogP contribution in [0.4, 0.5) is 5.69 Å². The van der Waals surface area contributed by atoms with Crippen molar-refractivity contribution in [2.24, 2.45) is 0 Å². The van der Waals surface area contributed by atoms with Crippen LogP contribution in [0.1, 0.15) is 30.1 Å². The molecule has 2 aromatic carbocycles. The molecule has 1 fully saturated rings. The fourth-order valence-electron chi connectivity index (χ4n) is 3.05. The summed E-state index contributed by atoms with van der Waals surface area (Å²) in [5, 5.41) is 2.67. The lowest BCUT2D eigenvalue weighted by atomic mass is 10.2. The van der Waals surface area contributed by atoms with Gasteiger partial charge in [0.15, 0.2) is 0 Å². The van der Waals surface area contributed by atoms with Gasteiger partial charge in [0.2, 0.25) is 20.0 Å². The van der Waals surface area contributed by atoms with Gasteiger partial charge in [-0.3, -0.25) is 4.79 Å². The number of nitrogens with zero attached hydrogens (tertiary/aromatic N) is 1. The summed E-state index contributed by atoms with van der Waals surface area (Å²) in [6, 6.07) is 11.6. The van der Waals surface area contributed by atoms with Gasteiger partial charge in [-0.25, -0.2) is 21.6 Å². The van der Waals surface area contributed by atoms with E-state index in [-0.39, 0.29) is 16.3 Å². The normalized spacial score (nSPS) is 15.3. The van der Waals surface area contributed by atoms with E-state index in [1.807, 2.05) is 0 Å². The molecular formula is C19H23N3O5S2. The molecular weight excluding hydrogens is 414 g/mol. The second kappa shape index (κ2) is 8.62. The van der Waals surface area contributed by atoms with E-state index in [0.29, 0.717) is 24.3 Å². The molecule has 1 aliphatic rings. The summed E-state index contributed by atoms with van der Waals surface area (Å²) >= 11 is 0. The second-order valence-electron chi connectivity index (χ2n) is 6.62. The molecule has 2 aromatic rings. The summed E-state index contributed by atoms with van der Waals surface area (Å²) in [6.07, 6.45) is 1.71. The van der Waals surface area contributed by atoms with Gasteiger partial charge in [0.05, 0.1) is 9.79 Å². The van der Waals surface area contributed by atoms with Crippen molar-refractivity contribution >= 4 is 31.6 Å². The molecule has 0 radical (unpaired) electrons. The Morgan fingerprint density at radius 3 is 2.00 bits per heavy atom. The molecule has 3 rings (SSSR count). The molecule has 1 saturated heterocycles. The van der Waals surface area contributed by atoms with Crippen LogP contribution in [0.2, 0.25) is 0 Å². The van der Waals surface area contributed by atoms with Gasteiger partial charge in [-0.1, -0.05) is 6.92 Å². The van der Waals surface area contributed by atoms with Gasteiger partial charge in [-0.15, -0.1) is 0 Å². The molecule has 8 nitrogen and oxygen atoms in total. The van der Waals surface area contributed by atoms with Crippen molar-refractivity contribution in [3.05, 3.63) is 54.1 Å². The van der Waals surface area contributed by atoms with E-state index in [9.17, 15) is 21.6 Å². The van der Waals surface area contributed by atoms with E-state index in [1.165, 1.54) is 52.8 Å². The van der Waals surface area contributed by atoms with Gasteiger partial charge in [0, 0.05) is 30.9 Å². The summed E-state index contributed by atoms with van der Waals surface area (Å²) in [5.74, 6) is -0.419. The van der Waals surface area contributed by atoms with E-state index in [1.54, 1.807) is 6.92 Å². The molecule has 1 heterocycles. The first kappa shape index (κ1) is 21.4. The minimum absolute atomic E-state index is 0.105. The number of hydrogen-bond donors (Lipinski definition) is 2. The number of benzene rings is 2. The number of sulfonamides is 2. The van der Waals surface area contributed by atoms with Crippen molar-refractivity contribution in [1.82, 2.24) is 9.03 Å². The summed E-state index contributed by atoms with van der Waals surface area (Å²) in [7, 11) is -7.08. The standard InChI is InChI=1S/C19H23N3O5S2/c1-2-20-28(24,25)17-11-7-16(8-12-17)21-19(23)15-5-9-18(10-6-15)29(26,27)22-13-3-4-14-22/h5-12,20H,2-4,13-14H2,1H3,(H,21,23). The first-order valence-electron chi connectivity index (χ1n) is 9.25. The largest absolute Gasteiger partial charge is 0.322 e. The van der Waals surface area contributed by atoms with Crippen LogP contribution in [0.25, 0.3) is 0 Å². The predicted octanol–water partition coefficient (Wildman–Crippen LogP) is 2.02. The molecule has 2 N–H and O–H groups in total. The smallest absolute Gasteiger partial charge is 0.255 e. The zero-order valence-corrected chi connectivity index (χ0v) is 17.6. The fraction of sp³-hybridized carbons (Fsp3) is 0.316. The second-order valence-corrected chi connectivity index (χ2v) is 10.3. The van der Waals surface area contributed by atoms with Crippen LogP contribution in [-0.2, 0) is 20.0 Å². The number of anilines is 1. The Bertz CT molecular complexity index is 1070. The molecule has 0 atom stereocenters. The molecule has 0 aromatic heterocycles. The first-order valence-corrected chi connectivity index (χ1v) is 12.2. The topological polar surface area (TPSA) is 113 Å². The summed E-state index contributed by atoms with van der Waals surface area (Å²) < 4.78 is 52.8. The maximum Gasteiger partial charge on any atom is 0.255 e. The number of carbonyl (C=O) groups excluding carboxylic acids is 1. The zero-order valence-electron chi connectivity index (χ0n) is 16.0. The summed E-state index contributed by atoms with van der Waals surface area (Å²) in [4.78, 5) is 12.7. The average Bonchev–Trinajstić information content (AvgIpc) is 3.24. The molecule has 156 valence electrons. The Morgan fingerprint density at radius 1 is 0.897 bits per heavy atom. The SMILES string of the molecule is CCNS(=O)(=O)c1ccc(NC(=O)c2ccc(S(=O)(=O)N3CCCC3)cc2)cc1. The number of nitrogens with one attached hydrogen (secondary N) is 2. The van der Waals surface area contributed by atoms with Crippen molar-refractivity contribution in [2.45, 2.75) is 29.6 Å². The fourth-order valence-corrected chi connectivity index (χ4v) is 5.61. The lowest BCUT2D eigenvalue weighted by Gasteiger charge is -2.15. The molecule has 0 unspecified atom stereocenters. The zero-order chi connectivity index (χ0) is 21.1. The molecule has 1 aliphatic heterocycles. The highest BCUT2D eigenvalue weighted by Gasteiger charge is 2.27. The first-order chi connectivity index (χ1) is 13.7.